The molecule has 1 N–H and O–H groups in total. The minimum atomic E-state index is 0.712. The highest BCUT2D eigenvalue weighted by Gasteiger charge is 2.07. The summed E-state index contributed by atoms with van der Waals surface area (Å²) < 4.78 is 2.12. The Bertz CT molecular complexity index is 546. The summed E-state index contributed by atoms with van der Waals surface area (Å²) in [4.78, 5) is 4.49. The molecule has 0 amide bonds. The molecule has 0 aliphatic carbocycles. The van der Waals surface area contributed by atoms with Gasteiger partial charge in [0.25, 0.3) is 0 Å². The first-order chi connectivity index (χ1) is 8.60. The minimum Gasteiger partial charge on any atom is -0.324 e. The number of halogens is 1. The van der Waals surface area contributed by atoms with Crippen molar-refractivity contribution in [1.29, 1.82) is 0 Å². The van der Waals surface area contributed by atoms with Crippen LogP contribution in [0, 0.1) is 13.8 Å². The van der Waals surface area contributed by atoms with Gasteiger partial charge in [-0.15, -0.1) is 0 Å². The Morgan fingerprint density at radius 2 is 2.11 bits per heavy atom. The summed E-state index contributed by atoms with van der Waals surface area (Å²) in [5.41, 5.74) is 3.08. The van der Waals surface area contributed by atoms with E-state index in [1.54, 1.807) is 0 Å². The summed E-state index contributed by atoms with van der Waals surface area (Å²) in [6.45, 7) is 7.14. The van der Waals surface area contributed by atoms with Crippen molar-refractivity contribution >= 4 is 23.2 Å². The fourth-order valence-electron chi connectivity index (χ4n) is 1.91. The lowest BCUT2D eigenvalue weighted by Crippen LogP contribution is -2.03. The second-order valence-corrected chi connectivity index (χ2v) is 4.91. The van der Waals surface area contributed by atoms with Crippen LogP contribution in [0.3, 0.4) is 0 Å². The Morgan fingerprint density at radius 3 is 2.83 bits per heavy atom. The second kappa shape index (κ2) is 5.44. The maximum absolute atomic E-state index is 6.18. The summed E-state index contributed by atoms with van der Waals surface area (Å²) in [5.74, 6) is 0.849. The number of imidazole rings is 1. The van der Waals surface area contributed by atoms with E-state index in [2.05, 4.69) is 28.0 Å². The topological polar surface area (TPSA) is 29.9 Å². The molecule has 1 aromatic carbocycles. The molecule has 0 spiro atoms. The van der Waals surface area contributed by atoms with E-state index >= 15 is 0 Å². The Morgan fingerprint density at radius 1 is 1.33 bits per heavy atom. The number of hydrogen-bond acceptors (Lipinski definition) is 2. The van der Waals surface area contributed by atoms with E-state index in [1.165, 1.54) is 5.56 Å². The van der Waals surface area contributed by atoms with Crippen LogP contribution in [0.5, 0.6) is 0 Å². The van der Waals surface area contributed by atoms with Crippen LogP contribution in [0.2, 0.25) is 5.02 Å². The van der Waals surface area contributed by atoms with E-state index in [-0.39, 0.29) is 0 Å². The van der Waals surface area contributed by atoms with Crippen molar-refractivity contribution in [3.05, 3.63) is 40.7 Å². The maximum Gasteiger partial charge on any atom is 0.207 e. The molecule has 0 bridgehead atoms. The van der Waals surface area contributed by atoms with Crippen molar-refractivity contribution in [3.8, 4) is 0 Å². The molecule has 0 atom stereocenters. The lowest BCUT2D eigenvalue weighted by atomic mass is 10.2. The van der Waals surface area contributed by atoms with Gasteiger partial charge >= 0.3 is 0 Å². The van der Waals surface area contributed by atoms with Crippen molar-refractivity contribution in [2.24, 2.45) is 0 Å². The average Bonchev–Trinajstić information content (AvgIpc) is 2.65. The van der Waals surface area contributed by atoms with Crippen LogP contribution in [-0.2, 0) is 6.54 Å². The zero-order chi connectivity index (χ0) is 13.1. The normalized spacial score (nSPS) is 10.7. The van der Waals surface area contributed by atoms with Gasteiger partial charge in [-0.05, 0) is 38.0 Å². The van der Waals surface area contributed by atoms with E-state index < -0.39 is 0 Å². The van der Waals surface area contributed by atoms with E-state index in [1.807, 2.05) is 32.0 Å². The van der Waals surface area contributed by atoms with E-state index in [0.717, 1.165) is 30.3 Å². The predicted octanol–water partition coefficient (Wildman–Crippen LogP) is 4.31. The lowest BCUT2D eigenvalue weighted by Gasteiger charge is -2.10. The average molecular weight is 264 g/mol. The number of nitrogens with one attached hydrogen (secondary N) is 1. The fourth-order valence-corrected chi connectivity index (χ4v) is 2.08. The maximum atomic E-state index is 6.18. The molecule has 2 rings (SSSR count). The van der Waals surface area contributed by atoms with Crippen molar-refractivity contribution in [2.75, 3.05) is 5.32 Å². The van der Waals surface area contributed by atoms with Gasteiger partial charge in [-0.1, -0.05) is 24.6 Å². The summed E-state index contributed by atoms with van der Waals surface area (Å²) >= 11 is 6.18. The molecular weight excluding hydrogens is 246 g/mol. The zero-order valence-corrected chi connectivity index (χ0v) is 11.8. The number of aromatic nitrogens is 2. The molecule has 0 unspecified atom stereocenters. The first-order valence-corrected chi connectivity index (χ1v) is 6.55. The predicted molar refractivity (Wildman–Crippen MR) is 76.7 cm³/mol. The summed E-state index contributed by atoms with van der Waals surface area (Å²) in [5, 5.41) is 4.02. The van der Waals surface area contributed by atoms with Crippen LogP contribution in [0.1, 0.15) is 24.6 Å². The molecule has 0 aliphatic rings. The molecule has 2 aromatic rings. The van der Waals surface area contributed by atoms with Crippen LogP contribution in [0.4, 0.5) is 11.6 Å². The highest BCUT2D eigenvalue weighted by atomic mass is 35.5. The fraction of sp³-hybridized carbons (Fsp3) is 0.357. The lowest BCUT2D eigenvalue weighted by molar-refractivity contribution is 0.686. The molecule has 0 aliphatic heterocycles. The second-order valence-electron chi connectivity index (χ2n) is 4.51. The molecule has 4 heteroatoms. The van der Waals surface area contributed by atoms with Gasteiger partial charge in [-0.25, -0.2) is 4.98 Å². The first-order valence-electron chi connectivity index (χ1n) is 6.17. The quantitative estimate of drug-likeness (QED) is 0.891. The third-order valence-corrected chi connectivity index (χ3v) is 3.06. The van der Waals surface area contributed by atoms with Gasteiger partial charge in [-0.2, -0.15) is 0 Å². The van der Waals surface area contributed by atoms with Crippen molar-refractivity contribution in [1.82, 2.24) is 9.55 Å². The standard InChI is InChI=1S/C14H18ClN3/c1-4-7-18-9-11(3)16-14(18)17-13-8-10(2)5-6-12(13)15/h5-6,8-9H,4,7H2,1-3H3,(H,16,17). The Kier molecular flexibility index (Phi) is 3.92. The molecule has 0 saturated heterocycles. The minimum absolute atomic E-state index is 0.712. The number of hydrogen-bond donors (Lipinski definition) is 1. The highest BCUT2D eigenvalue weighted by molar-refractivity contribution is 6.33. The molecule has 3 nitrogen and oxygen atoms in total. The highest BCUT2D eigenvalue weighted by Crippen LogP contribution is 2.26. The van der Waals surface area contributed by atoms with Gasteiger partial charge < -0.3 is 9.88 Å². The third-order valence-electron chi connectivity index (χ3n) is 2.73. The molecule has 0 radical (unpaired) electrons. The molecule has 0 saturated carbocycles. The Labute approximate surface area is 113 Å². The zero-order valence-electron chi connectivity index (χ0n) is 11.0. The SMILES string of the molecule is CCCn1cc(C)nc1Nc1cc(C)ccc1Cl. The van der Waals surface area contributed by atoms with Gasteiger partial charge in [0.15, 0.2) is 0 Å². The van der Waals surface area contributed by atoms with Crippen LogP contribution < -0.4 is 5.32 Å². The van der Waals surface area contributed by atoms with Crippen LogP contribution in [0.25, 0.3) is 0 Å². The summed E-state index contributed by atoms with van der Waals surface area (Å²) in [6.07, 6.45) is 3.13. The van der Waals surface area contributed by atoms with Crippen LogP contribution in [-0.4, -0.2) is 9.55 Å². The van der Waals surface area contributed by atoms with Gasteiger partial charge in [0.05, 0.1) is 16.4 Å². The third kappa shape index (κ3) is 2.85. The molecule has 18 heavy (non-hydrogen) atoms. The van der Waals surface area contributed by atoms with Gasteiger partial charge in [0.2, 0.25) is 5.95 Å². The molecule has 1 heterocycles. The smallest absolute Gasteiger partial charge is 0.207 e. The van der Waals surface area contributed by atoms with Crippen LogP contribution in [0.15, 0.2) is 24.4 Å². The van der Waals surface area contributed by atoms with Gasteiger partial charge in [-0.3, -0.25) is 0 Å². The Balaban J connectivity index is 2.30. The van der Waals surface area contributed by atoms with Gasteiger partial charge in [0.1, 0.15) is 0 Å². The number of rotatable bonds is 4. The molecule has 1 aromatic heterocycles. The number of anilines is 2. The number of aryl methyl sites for hydroxylation is 3. The van der Waals surface area contributed by atoms with Crippen molar-refractivity contribution in [3.63, 3.8) is 0 Å². The summed E-state index contributed by atoms with van der Waals surface area (Å²) in [6, 6.07) is 5.93. The Hall–Kier alpha value is -1.48. The number of benzene rings is 1. The molecule has 0 fully saturated rings. The monoisotopic (exact) mass is 263 g/mol. The van der Waals surface area contributed by atoms with E-state index in [4.69, 9.17) is 11.6 Å². The number of nitrogens with zero attached hydrogens (tertiary/aromatic N) is 2. The molecule has 96 valence electrons. The van der Waals surface area contributed by atoms with Crippen molar-refractivity contribution in [2.45, 2.75) is 33.7 Å². The van der Waals surface area contributed by atoms with E-state index in [0.29, 0.717) is 5.02 Å². The first kappa shape index (κ1) is 13.0. The van der Waals surface area contributed by atoms with Crippen molar-refractivity contribution < 1.29 is 0 Å². The molecular formula is C14H18ClN3. The van der Waals surface area contributed by atoms with E-state index in [9.17, 15) is 0 Å². The van der Waals surface area contributed by atoms with Gasteiger partial charge in [0, 0.05) is 12.7 Å². The largest absolute Gasteiger partial charge is 0.324 e. The summed E-state index contributed by atoms with van der Waals surface area (Å²) in [7, 11) is 0. The van der Waals surface area contributed by atoms with Crippen LogP contribution >= 0.6 is 11.6 Å².